The third kappa shape index (κ3) is 2.14. The molecule has 0 spiro atoms. The summed E-state index contributed by atoms with van der Waals surface area (Å²) >= 11 is 3.43. The fourth-order valence-electron chi connectivity index (χ4n) is 1.97. The molecule has 1 aliphatic rings. The van der Waals surface area contributed by atoms with Crippen molar-refractivity contribution in [3.63, 3.8) is 0 Å². The van der Waals surface area contributed by atoms with Crippen LogP contribution < -0.4 is 10.6 Å². The van der Waals surface area contributed by atoms with Gasteiger partial charge in [-0.3, -0.25) is 0 Å². The molecule has 0 aliphatic carbocycles. The summed E-state index contributed by atoms with van der Waals surface area (Å²) in [6.07, 6.45) is -0.172. The maximum atomic E-state index is 10.8. The molecule has 1 aromatic rings. The highest BCUT2D eigenvalue weighted by atomic mass is 79.9. The monoisotopic (exact) mass is 284 g/mol. The van der Waals surface area contributed by atoms with E-state index in [4.69, 9.17) is 10.5 Å². The largest absolute Gasteiger partial charge is 0.441 e. The van der Waals surface area contributed by atoms with Crippen molar-refractivity contribution in [2.24, 2.45) is 5.73 Å². The zero-order valence-electron chi connectivity index (χ0n) is 8.94. The van der Waals surface area contributed by atoms with Crippen LogP contribution in [0.1, 0.15) is 18.1 Å². The van der Waals surface area contributed by atoms with Gasteiger partial charge >= 0.3 is 6.09 Å². The molecule has 1 amide bonds. The van der Waals surface area contributed by atoms with Gasteiger partial charge in [-0.05, 0) is 12.1 Å². The lowest BCUT2D eigenvalue weighted by Crippen LogP contribution is -2.30. The molecule has 1 aromatic carbocycles. The Morgan fingerprint density at radius 3 is 3.06 bits per heavy atom. The SMILES string of the molecule is CN1CCC(OC(N)=O)c2ccc(Br)cc21. The minimum Gasteiger partial charge on any atom is -0.441 e. The van der Waals surface area contributed by atoms with Crippen molar-refractivity contribution < 1.29 is 9.53 Å². The number of nitrogens with two attached hydrogens (primary N) is 1. The summed E-state index contributed by atoms with van der Waals surface area (Å²) in [5.74, 6) is 0. The van der Waals surface area contributed by atoms with Crippen LogP contribution in [0.25, 0.3) is 0 Å². The summed E-state index contributed by atoms with van der Waals surface area (Å²) in [6.45, 7) is 0.849. The van der Waals surface area contributed by atoms with E-state index in [0.29, 0.717) is 0 Å². The first-order valence-corrected chi connectivity index (χ1v) is 5.84. The Hall–Kier alpha value is -1.23. The second-order valence-electron chi connectivity index (χ2n) is 3.84. The number of hydrogen-bond acceptors (Lipinski definition) is 3. The number of benzene rings is 1. The van der Waals surface area contributed by atoms with Crippen molar-refractivity contribution in [1.82, 2.24) is 0 Å². The van der Waals surface area contributed by atoms with Crippen LogP contribution in [0.3, 0.4) is 0 Å². The third-order valence-electron chi connectivity index (χ3n) is 2.74. The third-order valence-corrected chi connectivity index (χ3v) is 3.23. The van der Waals surface area contributed by atoms with Crippen LogP contribution in [-0.2, 0) is 4.74 Å². The molecule has 0 aromatic heterocycles. The molecule has 1 heterocycles. The zero-order chi connectivity index (χ0) is 11.7. The Bertz CT molecular complexity index is 422. The van der Waals surface area contributed by atoms with E-state index >= 15 is 0 Å². The van der Waals surface area contributed by atoms with Gasteiger partial charge in [0.05, 0.1) is 0 Å². The number of primary amides is 1. The van der Waals surface area contributed by atoms with Crippen molar-refractivity contribution in [2.45, 2.75) is 12.5 Å². The maximum absolute atomic E-state index is 10.8. The number of rotatable bonds is 1. The molecule has 1 unspecified atom stereocenters. The highest BCUT2D eigenvalue weighted by molar-refractivity contribution is 9.10. The van der Waals surface area contributed by atoms with Gasteiger partial charge in [0.15, 0.2) is 0 Å². The summed E-state index contributed by atoms with van der Waals surface area (Å²) in [6, 6.07) is 5.92. The van der Waals surface area contributed by atoms with Crippen LogP contribution in [0.2, 0.25) is 0 Å². The number of halogens is 1. The Morgan fingerprint density at radius 2 is 2.38 bits per heavy atom. The lowest BCUT2D eigenvalue weighted by atomic mass is 9.99. The molecule has 1 atom stereocenters. The minimum atomic E-state index is -0.719. The van der Waals surface area contributed by atoms with Gasteiger partial charge < -0.3 is 15.4 Å². The Labute approximate surface area is 102 Å². The quantitative estimate of drug-likeness (QED) is 0.862. The topological polar surface area (TPSA) is 55.6 Å². The molecule has 16 heavy (non-hydrogen) atoms. The maximum Gasteiger partial charge on any atom is 0.405 e. The van der Waals surface area contributed by atoms with Crippen LogP contribution in [0.15, 0.2) is 22.7 Å². The van der Waals surface area contributed by atoms with Crippen LogP contribution in [0.5, 0.6) is 0 Å². The highest BCUT2D eigenvalue weighted by Crippen LogP contribution is 2.36. The van der Waals surface area contributed by atoms with Gasteiger partial charge in [0.25, 0.3) is 0 Å². The number of ether oxygens (including phenoxy) is 1. The fraction of sp³-hybridized carbons (Fsp3) is 0.364. The fourth-order valence-corrected chi connectivity index (χ4v) is 2.32. The molecule has 0 fully saturated rings. The van der Waals surface area contributed by atoms with Crippen molar-refractivity contribution in [1.29, 1.82) is 0 Å². The minimum absolute atomic E-state index is 0.225. The highest BCUT2D eigenvalue weighted by Gasteiger charge is 2.25. The van der Waals surface area contributed by atoms with Gasteiger partial charge in [-0.1, -0.05) is 22.0 Å². The summed E-state index contributed by atoms with van der Waals surface area (Å²) in [7, 11) is 2.02. The van der Waals surface area contributed by atoms with Gasteiger partial charge in [-0.2, -0.15) is 0 Å². The second kappa shape index (κ2) is 4.33. The average molecular weight is 285 g/mol. The van der Waals surface area contributed by atoms with Gasteiger partial charge in [0, 0.05) is 35.7 Å². The predicted octanol–water partition coefficient (Wildman–Crippen LogP) is 2.43. The van der Waals surface area contributed by atoms with E-state index in [1.165, 1.54) is 0 Å². The Kier molecular flexibility index (Phi) is 3.05. The number of hydrogen-bond donors (Lipinski definition) is 1. The molecule has 0 radical (unpaired) electrons. The van der Waals surface area contributed by atoms with Crippen molar-refractivity contribution in [2.75, 3.05) is 18.5 Å². The van der Waals surface area contributed by atoms with Crippen molar-refractivity contribution in [3.8, 4) is 0 Å². The predicted molar refractivity (Wildman–Crippen MR) is 65.4 cm³/mol. The first-order chi connectivity index (χ1) is 7.58. The number of amides is 1. The van der Waals surface area contributed by atoms with E-state index in [0.717, 1.165) is 28.7 Å². The Morgan fingerprint density at radius 1 is 1.62 bits per heavy atom. The van der Waals surface area contributed by atoms with Gasteiger partial charge in [0.2, 0.25) is 0 Å². The number of anilines is 1. The normalized spacial score (nSPS) is 19.1. The number of nitrogens with zero attached hydrogens (tertiary/aromatic N) is 1. The first kappa shape index (κ1) is 11.3. The lowest BCUT2D eigenvalue weighted by molar-refractivity contribution is 0.100. The standard InChI is InChI=1S/C11H13BrN2O2/c1-14-5-4-10(16-11(13)15)8-3-2-7(12)6-9(8)14/h2-3,6,10H,4-5H2,1H3,(H2,13,15). The molecule has 5 heteroatoms. The summed E-state index contributed by atoms with van der Waals surface area (Å²) in [5, 5.41) is 0. The Balaban J connectivity index is 2.36. The van der Waals surface area contributed by atoms with E-state index in [1.54, 1.807) is 0 Å². The number of carbonyl (C=O) groups excluding carboxylic acids is 1. The van der Waals surface area contributed by atoms with E-state index in [9.17, 15) is 4.79 Å². The second-order valence-corrected chi connectivity index (χ2v) is 4.75. The molecule has 0 bridgehead atoms. The summed E-state index contributed by atoms with van der Waals surface area (Å²) in [4.78, 5) is 12.9. The average Bonchev–Trinajstić information content (AvgIpc) is 2.22. The number of carbonyl (C=O) groups is 1. The zero-order valence-corrected chi connectivity index (χ0v) is 10.5. The molecule has 2 rings (SSSR count). The van der Waals surface area contributed by atoms with Crippen LogP contribution in [-0.4, -0.2) is 19.7 Å². The molecule has 86 valence electrons. The summed E-state index contributed by atoms with van der Waals surface area (Å²) in [5.41, 5.74) is 7.15. The van der Waals surface area contributed by atoms with Crippen LogP contribution in [0, 0.1) is 0 Å². The number of fused-ring (bicyclic) bond motifs is 1. The van der Waals surface area contributed by atoms with Gasteiger partial charge in [0.1, 0.15) is 6.10 Å². The van der Waals surface area contributed by atoms with Crippen LogP contribution in [0.4, 0.5) is 10.5 Å². The molecule has 0 saturated carbocycles. The van der Waals surface area contributed by atoms with Gasteiger partial charge in [-0.15, -0.1) is 0 Å². The van der Waals surface area contributed by atoms with Crippen molar-refractivity contribution in [3.05, 3.63) is 28.2 Å². The molecular formula is C11H13BrN2O2. The first-order valence-electron chi connectivity index (χ1n) is 5.04. The molecule has 1 aliphatic heterocycles. The smallest absolute Gasteiger partial charge is 0.405 e. The van der Waals surface area contributed by atoms with E-state index in [1.807, 2.05) is 25.2 Å². The van der Waals surface area contributed by atoms with E-state index in [-0.39, 0.29) is 6.10 Å². The van der Waals surface area contributed by atoms with E-state index in [2.05, 4.69) is 20.8 Å². The van der Waals surface area contributed by atoms with Crippen LogP contribution >= 0.6 is 15.9 Å². The van der Waals surface area contributed by atoms with Crippen molar-refractivity contribution >= 4 is 27.7 Å². The molecular weight excluding hydrogens is 272 g/mol. The van der Waals surface area contributed by atoms with E-state index < -0.39 is 6.09 Å². The lowest BCUT2D eigenvalue weighted by Gasteiger charge is -2.32. The molecule has 2 N–H and O–H groups in total. The molecule has 4 nitrogen and oxygen atoms in total. The molecule has 0 saturated heterocycles. The van der Waals surface area contributed by atoms with Gasteiger partial charge in [-0.25, -0.2) is 4.79 Å². The summed E-state index contributed by atoms with van der Waals surface area (Å²) < 4.78 is 6.11.